The lowest BCUT2D eigenvalue weighted by Gasteiger charge is -2.57. The van der Waals surface area contributed by atoms with Crippen LogP contribution in [-0.2, 0) is 32.0 Å². The third-order valence-corrected chi connectivity index (χ3v) is 28.7. The molecule has 2 aromatic carbocycles. The number of aliphatic hydroxyl groups is 2. The molecule has 0 saturated heterocycles. The van der Waals surface area contributed by atoms with Crippen LogP contribution < -0.4 is 0 Å². The first-order valence-corrected chi connectivity index (χ1v) is 33.6. The Balaban J connectivity index is 0.000000103. The molecule has 14 aliphatic carbocycles. The number of Topliss-reactive ketones (excluding diaryl/α,β-unsaturated/α-hetero) is 2. The molecule has 0 bridgehead atoms. The fourth-order valence-electron chi connectivity index (χ4n) is 23.7. The zero-order valence-electron chi connectivity index (χ0n) is 50.9. The maximum Gasteiger partial charge on any atom is 0.155 e. The number of hydrogen-bond acceptors (Lipinski definition) is 8. The average Bonchev–Trinajstić information content (AvgIpc) is 2.20. The Morgan fingerprint density at radius 2 is 0.756 bits per heavy atom. The molecular weight excluding hydrogens is 1020 g/mol. The lowest BCUT2D eigenvalue weighted by molar-refractivity contribution is -0.132. The van der Waals surface area contributed by atoms with Crippen molar-refractivity contribution in [3.8, 4) is 11.5 Å². The maximum absolute atomic E-state index is 12.4. The Hall–Kier alpha value is -3.88. The number of aromatic hydroxyl groups is 2. The van der Waals surface area contributed by atoms with Gasteiger partial charge in [-0.05, 0) is 305 Å². The highest BCUT2D eigenvalue weighted by atomic mass is 16.3. The van der Waals surface area contributed by atoms with Gasteiger partial charge in [-0.15, -0.1) is 0 Å². The predicted octanol–water partition coefficient (Wildman–Crippen LogP) is 15.4. The number of phenolic OH excluding ortho intramolecular Hbond substituents is 2. The molecule has 8 nitrogen and oxygen atoms in total. The monoisotopic (exact) mass is 1120 g/mol. The van der Waals surface area contributed by atoms with Gasteiger partial charge < -0.3 is 20.4 Å². The Kier molecular flexibility index (Phi) is 14.6. The summed E-state index contributed by atoms with van der Waals surface area (Å²) in [5.41, 5.74) is 9.26. The minimum Gasteiger partial charge on any atom is -0.508 e. The van der Waals surface area contributed by atoms with E-state index in [2.05, 4.69) is 53.7 Å². The molecule has 0 heterocycles. The molecular formula is C74H100O8. The second-order valence-electron chi connectivity index (χ2n) is 31.6. The van der Waals surface area contributed by atoms with E-state index in [1.54, 1.807) is 0 Å². The van der Waals surface area contributed by atoms with Crippen LogP contribution >= 0.6 is 0 Å². The van der Waals surface area contributed by atoms with Crippen LogP contribution in [0, 0.1) is 91.7 Å². The molecule has 82 heavy (non-hydrogen) atoms. The minimum atomic E-state index is -0.0883. The fourth-order valence-corrected chi connectivity index (χ4v) is 23.7. The number of hydrogen-bond donors (Lipinski definition) is 4. The van der Waals surface area contributed by atoms with Crippen molar-refractivity contribution in [2.75, 3.05) is 0 Å². The predicted molar refractivity (Wildman–Crippen MR) is 321 cm³/mol. The summed E-state index contributed by atoms with van der Waals surface area (Å²) in [6.07, 6.45) is 34.0. The summed E-state index contributed by atoms with van der Waals surface area (Å²) < 4.78 is 0. The van der Waals surface area contributed by atoms with Crippen molar-refractivity contribution in [1.82, 2.24) is 0 Å². The van der Waals surface area contributed by atoms with E-state index in [1.165, 1.54) is 97.6 Å². The van der Waals surface area contributed by atoms with E-state index in [9.17, 15) is 39.6 Å². The number of aliphatic hydroxyl groups excluding tert-OH is 2. The average molecular weight is 1120 g/mol. The normalized spacial score (nSPS) is 46.0. The van der Waals surface area contributed by atoms with Gasteiger partial charge in [0.25, 0.3) is 0 Å². The number of benzene rings is 2. The van der Waals surface area contributed by atoms with Gasteiger partial charge in [0, 0.05) is 36.5 Å². The second kappa shape index (κ2) is 20.9. The third-order valence-electron chi connectivity index (χ3n) is 28.7. The lowest BCUT2D eigenvalue weighted by atomic mass is 9.47. The summed E-state index contributed by atoms with van der Waals surface area (Å²) >= 11 is 0. The number of phenols is 2. The first kappa shape index (κ1) is 57.2. The van der Waals surface area contributed by atoms with Gasteiger partial charge in [-0.3, -0.25) is 19.2 Å². The smallest absolute Gasteiger partial charge is 0.155 e. The van der Waals surface area contributed by atoms with Crippen LogP contribution in [0.2, 0.25) is 0 Å². The van der Waals surface area contributed by atoms with Crippen molar-refractivity contribution in [3.05, 3.63) is 82.0 Å². The van der Waals surface area contributed by atoms with Crippen LogP contribution in [0.25, 0.3) is 0 Å². The lowest BCUT2D eigenvalue weighted by Crippen LogP contribution is -2.51. The summed E-state index contributed by atoms with van der Waals surface area (Å²) in [6.45, 7) is 13.9. The van der Waals surface area contributed by atoms with E-state index >= 15 is 0 Å². The number of carbonyl (C=O) groups is 4. The van der Waals surface area contributed by atoms with Crippen LogP contribution in [0.5, 0.6) is 11.5 Å². The van der Waals surface area contributed by atoms with Gasteiger partial charge in [-0.2, -0.15) is 0 Å². The van der Waals surface area contributed by atoms with Crippen molar-refractivity contribution in [1.29, 1.82) is 0 Å². The molecule has 10 fully saturated rings. The Morgan fingerprint density at radius 3 is 1.27 bits per heavy atom. The highest BCUT2D eigenvalue weighted by Gasteiger charge is 2.61. The number of fused-ring (bicyclic) bond motifs is 20. The molecule has 16 rings (SSSR count). The summed E-state index contributed by atoms with van der Waals surface area (Å²) in [7, 11) is 0. The third kappa shape index (κ3) is 9.03. The first-order valence-electron chi connectivity index (χ1n) is 33.6. The molecule has 0 amide bonds. The SMILES string of the molecule is C[C@]12CCC(=O)C=C1CCC1C2CC[C@@]2(C)C1CC[C@@H]2O.C[C@]12CCC(=O)C=C1CCC1C2CC[C@]2(C)C(=O)CCC12.C[C@]12CCC3c4ccc(O)cc4CCC3C1CCC2=O.C[C@]12CCC3c4ccc(O)cc4CCC3C1CC[C@@H]2O. The number of carbonyl (C=O) groups excluding carboxylic acids is 4. The van der Waals surface area contributed by atoms with Gasteiger partial charge in [-0.25, -0.2) is 0 Å². The van der Waals surface area contributed by atoms with Crippen LogP contribution in [0.15, 0.2) is 59.7 Å². The Morgan fingerprint density at radius 1 is 0.366 bits per heavy atom. The molecule has 4 N–H and O–H groups in total. The molecule has 0 aliphatic heterocycles. The highest BCUT2D eigenvalue weighted by molar-refractivity contribution is 5.92. The van der Waals surface area contributed by atoms with Crippen molar-refractivity contribution < 1.29 is 39.6 Å². The topological polar surface area (TPSA) is 149 Å². The highest BCUT2D eigenvalue weighted by Crippen LogP contribution is 2.68. The van der Waals surface area contributed by atoms with Gasteiger partial charge in [0.15, 0.2) is 11.6 Å². The Bertz CT molecular complexity index is 2950. The molecule has 444 valence electrons. The molecule has 20 atom stereocenters. The molecule has 12 unspecified atom stereocenters. The number of rotatable bonds is 0. The van der Waals surface area contributed by atoms with Crippen LogP contribution in [0.4, 0.5) is 0 Å². The molecule has 2 aromatic rings. The molecule has 8 heteroatoms. The van der Waals surface area contributed by atoms with Crippen molar-refractivity contribution in [3.63, 3.8) is 0 Å². The van der Waals surface area contributed by atoms with Crippen LogP contribution in [0.3, 0.4) is 0 Å². The molecule has 0 aromatic heterocycles. The quantitative estimate of drug-likeness (QED) is 0.204. The summed E-state index contributed by atoms with van der Waals surface area (Å²) in [5.74, 6) is 10.7. The van der Waals surface area contributed by atoms with Gasteiger partial charge in [0.05, 0.1) is 12.2 Å². The van der Waals surface area contributed by atoms with E-state index in [1.807, 2.05) is 36.4 Å². The van der Waals surface area contributed by atoms with Gasteiger partial charge >= 0.3 is 0 Å². The number of allylic oxidation sites excluding steroid dienone is 2. The van der Waals surface area contributed by atoms with E-state index in [4.69, 9.17) is 0 Å². The molecule has 14 aliphatic rings. The molecule has 0 spiro atoms. The van der Waals surface area contributed by atoms with Crippen LogP contribution in [0.1, 0.15) is 243 Å². The molecule has 10 saturated carbocycles. The van der Waals surface area contributed by atoms with Gasteiger partial charge in [0.2, 0.25) is 0 Å². The first-order chi connectivity index (χ1) is 39.1. The summed E-state index contributed by atoms with van der Waals surface area (Å²) in [5, 5.41) is 40.2. The number of ketones is 4. The minimum absolute atomic E-state index is 0.0246. The van der Waals surface area contributed by atoms with Gasteiger partial charge in [-0.1, -0.05) is 64.8 Å². The van der Waals surface area contributed by atoms with E-state index in [0.29, 0.717) is 87.9 Å². The van der Waals surface area contributed by atoms with Crippen LogP contribution in [-0.4, -0.2) is 55.8 Å². The maximum atomic E-state index is 12.4. The number of aryl methyl sites for hydroxylation is 2. The fraction of sp³-hybridized carbons (Fsp3) is 0.730. The second-order valence-corrected chi connectivity index (χ2v) is 31.6. The summed E-state index contributed by atoms with van der Waals surface area (Å²) in [6, 6.07) is 11.9. The molecule has 0 radical (unpaired) electrons. The van der Waals surface area contributed by atoms with E-state index in [-0.39, 0.29) is 44.7 Å². The standard InChI is InChI=1S/C19H28O2.C19H26O2.C18H24O2.C18H22O2/c2*1-18-9-7-13(20)11-12(18)3-4-14-15-5-6-17(21)19(15,2)10-8-16(14)18;2*1-18-9-8-14-13-5-3-12(19)10-11(13)2-4-15(14)16(18)6-7-17(18)20/h11,14-17,21H,3-10H2,1-2H3;11,14-16H,3-10H2,1-2H3;3,5,10,14-17,19-20H,2,4,6-9H2,1H3;3,5,10,14-16,19H,2,4,6-9H2,1H3/t14?,15?,16?,17-,18-,19-;14?,15?,16?,18-,19-;14?,15?,16?,17-,18-;14?,15?,16?,18-/m0000/s1. The summed E-state index contributed by atoms with van der Waals surface area (Å²) in [4.78, 5) is 48.2. The van der Waals surface area contributed by atoms with Gasteiger partial charge in [0.1, 0.15) is 23.1 Å². The zero-order chi connectivity index (χ0) is 57.5. The Labute approximate surface area is 490 Å². The van der Waals surface area contributed by atoms with Crippen molar-refractivity contribution in [2.24, 2.45) is 91.7 Å². The van der Waals surface area contributed by atoms with E-state index in [0.717, 1.165) is 133 Å². The largest absolute Gasteiger partial charge is 0.508 e. The van der Waals surface area contributed by atoms with Crippen molar-refractivity contribution >= 4 is 23.1 Å². The van der Waals surface area contributed by atoms with E-state index < -0.39 is 0 Å². The van der Waals surface area contributed by atoms with Crippen molar-refractivity contribution in [2.45, 2.75) is 245 Å². The zero-order valence-corrected chi connectivity index (χ0v) is 50.9.